The number of carboxylic acids is 1. The quantitative estimate of drug-likeness (QED) is 0.153. The number of imidazole rings is 1. The zero-order valence-corrected chi connectivity index (χ0v) is 21.5. The molecule has 0 aliphatic carbocycles. The zero-order valence-electron chi connectivity index (χ0n) is 20.7. The molecule has 37 heavy (non-hydrogen) atoms. The van der Waals surface area contributed by atoms with Crippen LogP contribution in [0.3, 0.4) is 0 Å². The lowest BCUT2D eigenvalue weighted by atomic mass is 10.0. The number of benzene rings is 1. The highest BCUT2D eigenvalue weighted by Gasteiger charge is 2.32. The second-order valence-electron chi connectivity index (χ2n) is 8.55. The van der Waals surface area contributed by atoms with Gasteiger partial charge in [-0.15, -0.1) is 0 Å². The molecule has 5 atom stereocenters. The second-order valence-corrected chi connectivity index (χ2v) is 9.53. The van der Waals surface area contributed by atoms with E-state index in [0.717, 1.165) is 5.56 Å². The number of nitrogens with zero attached hydrogens (tertiary/aromatic N) is 1. The molecule has 3 amide bonds. The molecule has 202 valence electrons. The first-order valence-corrected chi connectivity index (χ1v) is 13.1. The average molecular weight is 535 g/mol. The van der Waals surface area contributed by atoms with E-state index in [1.807, 2.05) is 6.26 Å². The van der Waals surface area contributed by atoms with E-state index in [2.05, 4.69) is 25.9 Å². The van der Waals surface area contributed by atoms with Crippen LogP contribution in [0.2, 0.25) is 0 Å². The van der Waals surface area contributed by atoms with Crippen molar-refractivity contribution in [2.24, 2.45) is 5.73 Å². The Morgan fingerprint density at radius 1 is 1.03 bits per heavy atom. The van der Waals surface area contributed by atoms with Crippen LogP contribution in [0, 0.1) is 0 Å². The molecule has 0 radical (unpaired) electrons. The van der Waals surface area contributed by atoms with Gasteiger partial charge >= 0.3 is 5.97 Å². The predicted octanol–water partition coefficient (Wildman–Crippen LogP) is -0.805. The van der Waals surface area contributed by atoms with Gasteiger partial charge in [0.05, 0.1) is 18.5 Å². The van der Waals surface area contributed by atoms with Crippen LogP contribution < -0.4 is 21.7 Å². The van der Waals surface area contributed by atoms with Gasteiger partial charge in [0.15, 0.2) is 0 Å². The minimum absolute atomic E-state index is 0.0612. The van der Waals surface area contributed by atoms with Gasteiger partial charge in [-0.25, -0.2) is 9.78 Å². The topological polar surface area (TPSA) is 200 Å². The summed E-state index contributed by atoms with van der Waals surface area (Å²) < 4.78 is 0. The second kappa shape index (κ2) is 15.0. The molecular formula is C24H34N6O6S. The Hall–Kier alpha value is -3.42. The van der Waals surface area contributed by atoms with Crippen molar-refractivity contribution in [3.05, 3.63) is 54.1 Å². The molecule has 13 heteroatoms. The number of amides is 3. The smallest absolute Gasteiger partial charge is 0.326 e. The number of carbonyl (C=O) groups is 4. The number of hydrogen-bond donors (Lipinski definition) is 7. The zero-order chi connectivity index (χ0) is 27.4. The van der Waals surface area contributed by atoms with Crippen LogP contribution in [-0.4, -0.2) is 86.2 Å². The van der Waals surface area contributed by atoms with Gasteiger partial charge in [-0.3, -0.25) is 14.4 Å². The van der Waals surface area contributed by atoms with Crippen molar-refractivity contribution < 1.29 is 29.4 Å². The van der Waals surface area contributed by atoms with Crippen LogP contribution in [0.15, 0.2) is 42.9 Å². The van der Waals surface area contributed by atoms with Gasteiger partial charge in [0, 0.05) is 24.7 Å². The highest BCUT2D eigenvalue weighted by Crippen LogP contribution is 2.07. The fourth-order valence-electron chi connectivity index (χ4n) is 3.48. The van der Waals surface area contributed by atoms with Crippen molar-refractivity contribution in [3.8, 4) is 0 Å². The standard InChI is InChI=1S/C24H34N6O6S/c1-14(31)20(30-21(32)17(25)11-16-12-26-13-27-16)23(34)28-18(8-9-37-2)22(33)29-19(24(35)36)10-15-6-4-3-5-7-15/h3-7,12-14,17-20,31H,8-11,25H2,1-2H3,(H,26,27)(H,28,34)(H,29,33)(H,30,32)(H,35,36). The van der Waals surface area contributed by atoms with Crippen molar-refractivity contribution in [1.29, 1.82) is 0 Å². The molecule has 2 rings (SSSR count). The van der Waals surface area contributed by atoms with Gasteiger partial charge in [0.25, 0.3) is 0 Å². The molecule has 0 saturated heterocycles. The molecule has 5 unspecified atom stereocenters. The van der Waals surface area contributed by atoms with E-state index < -0.39 is 54.0 Å². The third-order valence-electron chi connectivity index (χ3n) is 5.53. The Morgan fingerprint density at radius 2 is 1.70 bits per heavy atom. The third kappa shape index (κ3) is 9.86. The van der Waals surface area contributed by atoms with E-state index in [4.69, 9.17) is 5.73 Å². The summed E-state index contributed by atoms with van der Waals surface area (Å²) in [6, 6.07) is 4.14. The Balaban J connectivity index is 2.07. The number of rotatable bonds is 15. The van der Waals surface area contributed by atoms with Crippen molar-refractivity contribution in [1.82, 2.24) is 25.9 Å². The van der Waals surface area contributed by atoms with Crippen molar-refractivity contribution in [3.63, 3.8) is 0 Å². The number of H-pyrrole nitrogens is 1. The number of hydrogen-bond acceptors (Lipinski definition) is 8. The average Bonchev–Trinajstić information content (AvgIpc) is 3.37. The summed E-state index contributed by atoms with van der Waals surface area (Å²) >= 11 is 1.44. The van der Waals surface area contributed by atoms with Crippen LogP contribution in [0.25, 0.3) is 0 Å². The molecule has 1 aromatic carbocycles. The number of nitrogens with two attached hydrogens (primary N) is 1. The molecule has 0 fully saturated rings. The largest absolute Gasteiger partial charge is 0.480 e. The third-order valence-corrected chi connectivity index (χ3v) is 6.18. The van der Waals surface area contributed by atoms with Gasteiger partial charge in [-0.1, -0.05) is 30.3 Å². The molecule has 2 aromatic rings. The lowest BCUT2D eigenvalue weighted by Gasteiger charge is -2.26. The summed E-state index contributed by atoms with van der Waals surface area (Å²) in [4.78, 5) is 57.1. The predicted molar refractivity (Wildman–Crippen MR) is 139 cm³/mol. The summed E-state index contributed by atoms with van der Waals surface area (Å²) in [5, 5.41) is 27.2. The lowest BCUT2D eigenvalue weighted by molar-refractivity contribution is -0.142. The molecule has 0 spiro atoms. The van der Waals surface area contributed by atoms with Gasteiger partial charge in [0.1, 0.15) is 18.1 Å². The van der Waals surface area contributed by atoms with Crippen molar-refractivity contribution in [2.75, 3.05) is 12.0 Å². The van der Waals surface area contributed by atoms with Gasteiger partial charge in [-0.05, 0) is 30.9 Å². The first-order chi connectivity index (χ1) is 17.6. The monoisotopic (exact) mass is 534 g/mol. The highest BCUT2D eigenvalue weighted by atomic mass is 32.2. The Labute approximate surface area is 219 Å². The van der Waals surface area contributed by atoms with Gasteiger partial charge < -0.3 is 36.9 Å². The molecule has 12 nitrogen and oxygen atoms in total. The maximum atomic E-state index is 13.0. The van der Waals surface area contributed by atoms with Gasteiger partial charge in [0.2, 0.25) is 17.7 Å². The van der Waals surface area contributed by atoms with Crippen LogP contribution in [0.4, 0.5) is 0 Å². The highest BCUT2D eigenvalue weighted by molar-refractivity contribution is 7.98. The van der Waals surface area contributed by atoms with E-state index in [9.17, 15) is 29.4 Å². The molecule has 0 aliphatic heterocycles. The first-order valence-electron chi connectivity index (χ1n) is 11.7. The Kier molecular flexibility index (Phi) is 12.1. The summed E-state index contributed by atoms with van der Waals surface area (Å²) in [6.45, 7) is 1.32. The minimum atomic E-state index is -1.38. The number of aliphatic hydroxyl groups is 1. The number of nitrogens with one attached hydrogen (secondary N) is 4. The van der Waals surface area contributed by atoms with E-state index in [1.165, 1.54) is 31.2 Å². The van der Waals surface area contributed by atoms with Crippen molar-refractivity contribution >= 4 is 35.5 Å². The lowest BCUT2D eigenvalue weighted by Crippen LogP contribution is -2.60. The molecule has 0 aliphatic rings. The summed E-state index contributed by atoms with van der Waals surface area (Å²) in [5.74, 6) is -2.87. The number of aliphatic hydroxyl groups excluding tert-OH is 1. The van der Waals surface area contributed by atoms with E-state index in [0.29, 0.717) is 11.4 Å². The number of aromatic nitrogens is 2. The fraction of sp³-hybridized carbons (Fsp3) is 0.458. The Bertz CT molecular complexity index is 1020. The van der Waals surface area contributed by atoms with E-state index >= 15 is 0 Å². The molecular weight excluding hydrogens is 500 g/mol. The fourth-order valence-corrected chi connectivity index (χ4v) is 3.95. The Morgan fingerprint density at radius 3 is 2.27 bits per heavy atom. The number of aromatic amines is 1. The summed E-state index contributed by atoms with van der Waals surface area (Å²) in [7, 11) is 0. The number of carbonyl (C=O) groups excluding carboxylic acids is 3. The first kappa shape index (κ1) is 29.8. The molecule has 0 saturated carbocycles. The number of carboxylic acid groups (broad SMARTS) is 1. The van der Waals surface area contributed by atoms with Crippen LogP contribution in [0.1, 0.15) is 24.6 Å². The van der Waals surface area contributed by atoms with Crippen molar-refractivity contribution in [2.45, 2.75) is 56.5 Å². The summed E-state index contributed by atoms with van der Waals surface area (Å²) in [6.07, 6.45) is 3.89. The molecule has 1 heterocycles. The van der Waals surface area contributed by atoms with E-state index in [-0.39, 0.29) is 19.3 Å². The van der Waals surface area contributed by atoms with E-state index in [1.54, 1.807) is 30.3 Å². The normalized spacial score (nSPS) is 15.0. The van der Waals surface area contributed by atoms with Crippen LogP contribution >= 0.6 is 11.8 Å². The SMILES string of the molecule is CSCCC(NC(=O)C(NC(=O)C(N)Cc1cnc[nH]1)C(C)O)C(=O)NC(Cc1ccccc1)C(=O)O. The van der Waals surface area contributed by atoms with Gasteiger partial charge in [-0.2, -0.15) is 11.8 Å². The summed E-state index contributed by atoms with van der Waals surface area (Å²) in [5.41, 5.74) is 7.27. The molecule has 8 N–H and O–H groups in total. The number of aliphatic carboxylic acids is 1. The minimum Gasteiger partial charge on any atom is -0.480 e. The molecule has 0 bridgehead atoms. The van der Waals surface area contributed by atoms with Crippen LogP contribution in [-0.2, 0) is 32.0 Å². The maximum Gasteiger partial charge on any atom is 0.326 e. The maximum absolute atomic E-state index is 13.0. The number of thioether (sulfide) groups is 1. The van der Waals surface area contributed by atoms with Crippen LogP contribution in [0.5, 0.6) is 0 Å². The molecule has 1 aromatic heterocycles.